The van der Waals surface area contributed by atoms with Crippen molar-refractivity contribution >= 4 is 15.9 Å². The van der Waals surface area contributed by atoms with Crippen molar-refractivity contribution in [2.75, 3.05) is 19.8 Å². The summed E-state index contributed by atoms with van der Waals surface area (Å²) in [5.41, 5.74) is 1.36. The maximum absolute atomic E-state index is 5.47. The van der Waals surface area contributed by atoms with Crippen molar-refractivity contribution in [3.63, 3.8) is 0 Å². The van der Waals surface area contributed by atoms with Crippen molar-refractivity contribution in [3.05, 3.63) is 34.3 Å². The second-order valence-electron chi connectivity index (χ2n) is 4.43. The predicted molar refractivity (Wildman–Crippen MR) is 80.9 cm³/mol. The van der Waals surface area contributed by atoms with Gasteiger partial charge in [0.25, 0.3) is 0 Å². The van der Waals surface area contributed by atoms with Crippen molar-refractivity contribution in [2.45, 2.75) is 39.2 Å². The Kier molecular flexibility index (Phi) is 8.31. The van der Waals surface area contributed by atoms with Crippen molar-refractivity contribution in [2.24, 2.45) is 0 Å². The molecular weight excluding hydrogens is 290 g/mol. The van der Waals surface area contributed by atoms with E-state index < -0.39 is 0 Å². The molecule has 18 heavy (non-hydrogen) atoms. The molecule has 0 fully saturated rings. The summed E-state index contributed by atoms with van der Waals surface area (Å²) in [6.45, 7) is 7.10. The lowest BCUT2D eigenvalue weighted by molar-refractivity contribution is 0.131. The third kappa shape index (κ3) is 5.98. The molecule has 2 nitrogen and oxygen atoms in total. The van der Waals surface area contributed by atoms with Crippen LogP contribution in [0.5, 0.6) is 0 Å². The Bertz CT molecular complexity index is 313. The molecule has 0 heterocycles. The van der Waals surface area contributed by atoms with Gasteiger partial charge in [-0.25, -0.2) is 0 Å². The summed E-state index contributed by atoms with van der Waals surface area (Å²) >= 11 is 3.47. The largest absolute Gasteiger partial charge is 0.381 e. The highest BCUT2D eigenvalue weighted by Crippen LogP contribution is 2.19. The molecule has 1 atom stereocenters. The number of ether oxygens (including phenoxy) is 1. The molecular formula is C15H24BrNO. The Labute approximate surface area is 119 Å². The maximum Gasteiger partial charge on any atom is 0.0478 e. The van der Waals surface area contributed by atoms with E-state index in [2.05, 4.69) is 59.4 Å². The van der Waals surface area contributed by atoms with Gasteiger partial charge in [0.15, 0.2) is 0 Å². The predicted octanol–water partition coefficient (Wildman–Crippen LogP) is 4.31. The van der Waals surface area contributed by atoms with E-state index in [0.717, 1.165) is 43.5 Å². The molecule has 1 N–H and O–H groups in total. The molecule has 0 saturated heterocycles. The van der Waals surface area contributed by atoms with Crippen molar-refractivity contribution in [1.29, 1.82) is 0 Å². The first-order valence-corrected chi connectivity index (χ1v) is 7.63. The van der Waals surface area contributed by atoms with E-state index >= 15 is 0 Å². The highest BCUT2D eigenvalue weighted by Gasteiger charge is 2.07. The van der Waals surface area contributed by atoms with E-state index in [1.165, 1.54) is 5.56 Å². The summed E-state index contributed by atoms with van der Waals surface area (Å²) in [5, 5.41) is 3.59. The van der Waals surface area contributed by atoms with Gasteiger partial charge in [-0.2, -0.15) is 0 Å². The van der Waals surface area contributed by atoms with Crippen LogP contribution in [0, 0.1) is 0 Å². The summed E-state index contributed by atoms with van der Waals surface area (Å²) < 4.78 is 6.61. The summed E-state index contributed by atoms with van der Waals surface area (Å²) in [4.78, 5) is 0. The summed E-state index contributed by atoms with van der Waals surface area (Å²) in [7, 11) is 0. The Hall–Kier alpha value is -0.380. The van der Waals surface area contributed by atoms with Gasteiger partial charge in [0.05, 0.1) is 0 Å². The summed E-state index contributed by atoms with van der Waals surface area (Å²) in [5.74, 6) is 0. The smallest absolute Gasteiger partial charge is 0.0478 e. The molecule has 102 valence electrons. The van der Waals surface area contributed by atoms with Gasteiger partial charge in [-0.1, -0.05) is 41.9 Å². The van der Waals surface area contributed by atoms with E-state index in [0.29, 0.717) is 6.04 Å². The molecule has 3 heteroatoms. The van der Waals surface area contributed by atoms with Crippen molar-refractivity contribution in [1.82, 2.24) is 5.32 Å². The normalized spacial score (nSPS) is 12.6. The van der Waals surface area contributed by atoms with Crippen LogP contribution in [0.3, 0.4) is 0 Å². The average molecular weight is 314 g/mol. The molecule has 0 aliphatic carbocycles. The van der Waals surface area contributed by atoms with Crippen molar-refractivity contribution in [3.8, 4) is 0 Å². The SMILES string of the molecule is CCCOCCCNC(CC)c1ccc(Br)cc1. The topological polar surface area (TPSA) is 21.3 Å². The fourth-order valence-electron chi connectivity index (χ4n) is 1.89. The van der Waals surface area contributed by atoms with Crippen LogP contribution in [0.2, 0.25) is 0 Å². The molecule has 1 aromatic rings. The lowest BCUT2D eigenvalue weighted by Crippen LogP contribution is -2.22. The Morgan fingerprint density at radius 2 is 1.89 bits per heavy atom. The van der Waals surface area contributed by atoms with E-state index in [1.54, 1.807) is 0 Å². The molecule has 0 bridgehead atoms. The molecule has 0 radical (unpaired) electrons. The Balaban J connectivity index is 2.27. The van der Waals surface area contributed by atoms with E-state index in [9.17, 15) is 0 Å². The lowest BCUT2D eigenvalue weighted by atomic mass is 10.0. The first kappa shape index (κ1) is 15.7. The second kappa shape index (κ2) is 9.54. The Morgan fingerprint density at radius 3 is 2.50 bits per heavy atom. The molecule has 0 aromatic heterocycles. The standard InChI is InChI=1S/C15H24BrNO/c1-3-11-18-12-5-10-17-15(4-2)13-6-8-14(16)9-7-13/h6-9,15,17H,3-5,10-12H2,1-2H3. The lowest BCUT2D eigenvalue weighted by Gasteiger charge is -2.17. The zero-order valence-electron chi connectivity index (χ0n) is 11.4. The molecule has 1 unspecified atom stereocenters. The zero-order chi connectivity index (χ0) is 13.2. The van der Waals surface area contributed by atoms with Gasteiger partial charge in [0.1, 0.15) is 0 Å². The number of hydrogen-bond donors (Lipinski definition) is 1. The number of hydrogen-bond acceptors (Lipinski definition) is 2. The first-order valence-electron chi connectivity index (χ1n) is 6.84. The van der Waals surface area contributed by atoms with Crippen LogP contribution in [0.25, 0.3) is 0 Å². The first-order chi connectivity index (χ1) is 8.77. The number of nitrogens with one attached hydrogen (secondary N) is 1. The van der Waals surface area contributed by atoms with Crippen LogP contribution in [-0.4, -0.2) is 19.8 Å². The van der Waals surface area contributed by atoms with Crippen LogP contribution < -0.4 is 5.32 Å². The summed E-state index contributed by atoms with van der Waals surface area (Å²) in [6, 6.07) is 9.01. The van der Waals surface area contributed by atoms with E-state index in [4.69, 9.17) is 4.74 Å². The molecule has 0 aliphatic rings. The van der Waals surface area contributed by atoms with Gasteiger partial charge in [-0.15, -0.1) is 0 Å². The van der Waals surface area contributed by atoms with Gasteiger partial charge in [0, 0.05) is 23.7 Å². The number of rotatable bonds is 9. The van der Waals surface area contributed by atoms with Gasteiger partial charge >= 0.3 is 0 Å². The fraction of sp³-hybridized carbons (Fsp3) is 0.600. The fourth-order valence-corrected chi connectivity index (χ4v) is 2.15. The minimum atomic E-state index is 0.448. The minimum absolute atomic E-state index is 0.448. The molecule has 0 spiro atoms. The monoisotopic (exact) mass is 313 g/mol. The highest BCUT2D eigenvalue weighted by molar-refractivity contribution is 9.10. The molecule has 0 amide bonds. The molecule has 1 aromatic carbocycles. The molecule has 1 rings (SSSR count). The third-order valence-corrected chi connectivity index (χ3v) is 3.41. The van der Waals surface area contributed by atoms with Crippen LogP contribution >= 0.6 is 15.9 Å². The van der Waals surface area contributed by atoms with Crippen LogP contribution in [0.15, 0.2) is 28.7 Å². The van der Waals surface area contributed by atoms with E-state index in [-0.39, 0.29) is 0 Å². The quantitative estimate of drug-likeness (QED) is 0.686. The third-order valence-electron chi connectivity index (χ3n) is 2.89. The van der Waals surface area contributed by atoms with Crippen LogP contribution in [0.1, 0.15) is 44.7 Å². The molecule has 0 aliphatic heterocycles. The van der Waals surface area contributed by atoms with Crippen LogP contribution in [0.4, 0.5) is 0 Å². The maximum atomic E-state index is 5.47. The summed E-state index contributed by atoms with van der Waals surface area (Å²) in [6.07, 6.45) is 3.29. The minimum Gasteiger partial charge on any atom is -0.381 e. The van der Waals surface area contributed by atoms with Crippen molar-refractivity contribution < 1.29 is 4.74 Å². The zero-order valence-corrected chi connectivity index (χ0v) is 13.0. The second-order valence-corrected chi connectivity index (χ2v) is 5.35. The van der Waals surface area contributed by atoms with Gasteiger partial charge in [-0.05, 0) is 43.5 Å². The van der Waals surface area contributed by atoms with Gasteiger partial charge < -0.3 is 10.1 Å². The number of halogens is 1. The van der Waals surface area contributed by atoms with Gasteiger partial charge in [-0.3, -0.25) is 0 Å². The van der Waals surface area contributed by atoms with Crippen LogP contribution in [-0.2, 0) is 4.74 Å². The van der Waals surface area contributed by atoms with E-state index in [1.807, 2.05) is 0 Å². The molecule has 0 saturated carbocycles. The average Bonchev–Trinajstić information content (AvgIpc) is 2.39. The Morgan fingerprint density at radius 1 is 1.17 bits per heavy atom. The van der Waals surface area contributed by atoms with Gasteiger partial charge in [0.2, 0.25) is 0 Å². The number of benzene rings is 1. The highest BCUT2D eigenvalue weighted by atomic mass is 79.9.